The lowest BCUT2D eigenvalue weighted by molar-refractivity contribution is 0.116. The van der Waals surface area contributed by atoms with Crippen molar-refractivity contribution in [3.05, 3.63) is 30.3 Å². The molecule has 2 aromatic rings. The van der Waals surface area contributed by atoms with Gasteiger partial charge >= 0.3 is 12.1 Å². The summed E-state index contributed by atoms with van der Waals surface area (Å²) in [7, 11) is 0.475. The Morgan fingerprint density at radius 1 is 1.29 bits per heavy atom. The van der Waals surface area contributed by atoms with Crippen LogP contribution in [-0.2, 0) is 14.8 Å². The minimum atomic E-state index is -3.79. The molecule has 1 saturated heterocycles. The van der Waals surface area contributed by atoms with Crippen LogP contribution in [0.3, 0.4) is 0 Å². The molecule has 11 nitrogen and oxygen atoms in total. The molecule has 0 aliphatic carbocycles. The van der Waals surface area contributed by atoms with Crippen LogP contribution in [0.1, 0.15) is 0 Å². The number of urea groups is 1. The Hall–Kier alpha value is -2.77. The van der Waals surface area contributed by atoms with Crippen molar-refractivity contribution in [3.63, 3.8) is 0 Å². The molecular formula is C15H18N6O5S2. The fourth-order valence-corrected chi connectivity index (χ4v) is 4.51. The van der Waals surface area contributed by atoms with E-state index in [-0.39, 0.29) is 16.0 Å². The van der Waals surface area contributed by atoms with Crippen molar-refractivity contribution >= 4 is 44.3 Å². The number of aromatic nitrogens is 2. The molecule has 1 N–H and O–H groups in total. The molecule has 1 aliphatic heterocycles. The zero-order valence-corrected chi connectivity index (χ0v) is 16.9. The van der Waals surface area contributed by atoms with Crippen molar-refractivity contribution in [1.82, 2.24) is 19.4 Å². The number of carbonyl (C=O) groups is 2. The predicted octanol–water partition coefficient (Wildman–Crippen LogP) is 1.24. The number of sulfonamides is 1. The van der Waals surface area contributed by atoms with Gasteiger partial charge in [0.25, 0.3) is 10.0 Å². The van der Waals surface area contributed by atoms with Gasteiger partial charge in [0, 0.05) is 26.8 Å². The molecule has 28 heavy (non-hydrogen) atoms. The van der Waals surface area contributed by atoms with Crippen molar-refractivity contribution in [2.75, 3.05) is 37.9 Å². The number of hydrogen-bond acceptors (Lipinski definition) is 8. The lowest BCUT2D eigenvalue weighted by atomic mass is 10.3. The Morgan fingerprint density at radius 2 is 1.96 bits per heavy atom. The summed E-state index contributed by atoms with van der Waals surface area (Å²) >= 11 is 0.721. The van der Waals surface area contributed by atoms with Crippen LogP contribution < -0.4 is 10.2 Å². The van der Waals surface area contributed by atoms with Crippen LogP contribution in [-0.4, -0.2) is 73.9 Å². The van der Waals surface area contributed by atoms with Gasteiger partial charge in [0.05, 0.1) is 6.54 Å². The molecule has 1 fully saturated rings. The number of rotatable bonds is 5. The van der Waals surface area contributed by atoms with Crippen LogP contribution in [0.25, 0.3) is 0 Å². The molecule has 1 aromatic heterocycles. The van der Waals surface area contributed by atoms with Crippen LogP contribution in [0, 0.1) is 0 Å². The number of nitrogens with zero attached hydrogens (tertiary/aromatic N) is 5. The van der Waals surface area contributed by atoms with Crippen LogP contribution >= 0.6 is 11.3 Å². The van der Waals surface area contributed by atoms with Gasteiger partial charge in [-0.1, -0.05) is 29.5 Å². The number of benzene rings is 1. The van der Waals surface area contributed by atoms with E-state index >= 15 is 0 Å². The molecule has 1 atom stereocenters. The number of amides is 3. The summed E-state index contributed by atoms with van der Waals surface area (Å²) in [5.41, 5.74) is 0.534. The van der Waals surface area contributed by atoms with E-state index in [4.69, 9.17) is 4.74 Å². The molecule has 0 radical (unpaired) electrons. The molecule has 1 aromatic carbocycles. The second kappa shape index (κ2) is 7.69. The maximum Gasteiger partial charge on any atom is 0.413 e. The molecule has 2 heterocycles. The number of hydrogen-bond donors (Lipinski definition) is 1. The maximum absolute atomic E-state index is 12.5. The summed E-state index contributed by atoms with van der Waals surface area (Å²) in [6.45, 7) is 0.0936. The van der Waals surface area contributed by atoms with Gasteiger partial charge in [-0.15, -0.1) is 10.2 Å². The quantitative estimate of drug-likeness (QED) is 0.713. The molecule has 0 spiro atoms. The summed E-state index contributed by atoms with van der Waals surface area (Å²) in [4.78, 5) is 27.1. The normalized spacial score (nSPS) is 17.3. The smallest absolute Gasteiger partial charge is 0.413 e. The Kier molecular flexibility index (Phi) is 5.49. The van der Waals surface area contributed by atoms with Crippen molar-refractivity contribution in [2.45, 2.75) is 10.6 Å². The third-order valence-corrected chi connectivity index (χ3v) is 6.90. The summed E-state index contributed by atoms with van der Waals surface area (Å²) in [5, 5.41) is 10.1. The van der Waals surface area contributed by atoms with Crippen LogP contribution in [0.5, 0.6) is 0 Å². The fourth-order valence-electron chi connectivity index (χ4n) is 2.35. The standard InChI is InChI=1S/C15H18N6O5S2/c1-19(2)28(24,25)14-18-17-12(27-14)21-11(9-20(3)15(21)23)26-13(22)16-10-7-5-4-6-8-10/h4-8,11H,9H2,1-3H3,(H,16,22). The van der Waals surface area contributed by atoms with Crippen molar-refractivity contribution in [2.24, 2.45) is 0 Å². The highest BCUT2D eigenvalue weighted by molar-refractivity contribution is 7.91. The fraction of sp³-hybridized carbons (Fsp3) is 0.333. The molecule has 3 rings (SSSR count). The van der Waals surface area contributed by atoms with Crippen LogP contribution in [0.2, 0.25) is 0 Å². The SMILES string of the molecule is CN1CC(OC(=O)Nc2ccccc2)N(c2nnc(S(=O)(=O)N(C)C)s2)C1=O. The molecule has 0 saturated carbocycles. The molecule has 1 unspecified atom stereocenters. The first-order valence-electron chi connectivity index (χ1n) is 8.03. The number of nitrogens with one attached hydrogen (secondary N) is 1. The first kappa shape index (κ1) is 20.0. The summed E-state index contributed by atoms with van der Waals surface area (Å²) in [6.07, 6.45) is -1.74. The van der Waals surface area contributed by atoms with Crippen molar-refractivity contribution in [1.29, 1.82) is 0 Å². The highest BCUT2D eigenvalue weighted by Crippen LogP contribution is 2.30. The van der Waals surface area contributed by atoms with Gasteiger partial charge in [-0.25, -0.2) is 27.2 Å². The van der Waals surface area contributed by atoms with Crippen LogP contribution in [0.15, 0.2) is 34.7 Å². The van der Waals surface area contributed by atoms with Gasteiger partial charge in [-0.3, -0.25) is 5.32 Å². The molecule has 150 valence electrons. The van der Waals surface area contributed by atoms with Gasteiger partial charge in [-0.05, 0) is 12.1 Å². The number of para-hydroxylation sites is 1. The van der Waals surface area contributed by atoms with E-state index in [9.17, 15) is 18.0 Å². The Balaban J connectivity index is 1.80. The summed E-state index contributed by atoms with van der Waals surface area (Å²) in [5.74, 6) is 0. The zero-order valence-electron chi connectivity index (χ0n) is 15.3. The monoisotopic (exact) mass is 426 g/mol. The molecule has 0 bridgehead atoms. The maximum atomic E-state index is 12.5. The zero-order chi connectivity index (χ0) is 20.5. The number of ether oxygens (including phenoxy) is 1. The molecular weight excluding hydrogens is 408 g/mol. The topological polar surface area (TPSA) is 125 Å². The van der Waals surface area contributed by atoms with E-state index in [0.717, 1.165) is 20.5 Å². The lowest BCUT2D eigenvalue weighted by Crippen LogP contribution is -2.38. The number of anilines is 2. The predicted molar refractivity (Wildman–Crippen MR) is 102 cm³/mol. The Morgan fingerprint density at radius 3 is 2.61 bits per heavy atom. The number of likely N-dealkylation sites (N-methyl/N-ethyl adjacent to an activating group) is 1. The summed E-state index contributed by atoms with van der Waals surface area (Å²) < 4.78 is 30.5. The van der Waals surface area contributed by atoms with E-state index in [1.807, 2.05) is 0 Å². The van der Waals surface area contributed by atoms with Crippen molar-refractivity contribution < 1.29 is 22.7 Å². The number of carbonyl (C=O) groups excluding carboxylic acids is 2. The second-order valence-corrected chi connectivity index (χ2v) is 9.30. The Bertz CT molecular complexity index is 978. The lowest BCUT2D eigenvalue weighted by Gasteiger charge is -2.20. The van der Waals surface area contributed by atoms with E-state index < -0.39 is 28.4 Å². The first-order chi connectivity index (χ1) is 13.2. The van der Waals surface area contributed by atoms with E-state index in [1.54, 1.807) is 30.3 Å². The van der Waals surface area contributed by atoms with Gasteiger partial charge < -0.3 is 9.64 Å². The summed E-state index contributed by atoms with van der Waals surface area (Å²) in [6, 6.07) is 8.20. The van der Waals surface area contributed by atoms with E-state index in [1.165, 1.54) is 26.0 Å². The van der Waals surface area contributed by atoms with Gasteiger partial charge in [-0.2, -0.15) is 0 Å². The highest BCUT2D eigenvalue weighted by atomic mass is 32.2. The minimum Gasteiger partial charge on any atom is -0.423 e. The first-order valence-corrected chi connectivity index (χ1v) is 10.3. The second-order valence-electron chi connectivity index (χ2n) is 6.02. The largest absolute Gasteiger partial charge is 0.423 e. The third kappa shape index (κ3) is 3.90. The molecule has 1 aliphatic rings. The average Bonchev–Trinajstić information content (AvgIpc) is 3.21. The van der Waals surface area contributed by atoms with Crippen molar-refractivity contribution in [3.8, 4) is 0 Å². The van der Waals surface area contributed by atoms with Gasteiger partial charge in [0.2, 0.25) is 15.7 Å². The van der Waals surface area contributed by atoms with Crippen LogP contribution in [0.4, 0.5) is 20.4 Å². The van der Waals surface area contributed by atoms with Gasteiger partial charge in [0.15, 0.2) is 0 Å². The van der Waals surface area contributed by atoms with E-state index in [2.05, 4.69) is 15.5 Å². The Labute approximate surface area is 165 Å². The van der Waals surface area contributed by atoms with Gasteiger partial charge in [0.1, 0.15) is 0 Å². The molecule has 3 amide bonds. The highest BCUT2D eigenvalue weighted by Gasteiger charge is 2.41. The molecule has 13 heteroatoms. The van der Waals surface area contributed by atoms with E-state index in [0.29, 0.717) is 5.69 Å². The third-order valence-electron chi connectivity index (χ3n) is 3.82. The minimum absolute atomic E-state index is 0.0206. The average molecular weight is 426 g/mol.